The van der Waals surface area contributed by atoms with Crippen molar-refractivity contribution in [2.45, 2.75) is 38.5 Å². The van der Waals surface area contributed by atoms with Gasteiger partial charge in [0.05, 0.1) is 10.3 Å². The number of benzene rings is 1. The number of allylic oxidation sites excluding steroid dienone is 2. The second-order valence-corrected chi connectivity index (χ2v) is 6.87. The molecule has 0 amide bonds. The Morgan fingerprint density at radius 3 is 2.95 bits per heavy atom. The molecule has 0 spiro atoms. The van der Waals surface area contributed by atoms with Crippen LogP contribution in [-0.4, -0.2) is 11.0 Å². The lowest BCUT2D eigenvalue weighted by molar-refractivity contribution is -0.406. The molecule has 2 heterocycles. The van der Waals surface area contributed by atoms with Crippen molar-refractivity contribution in [2.75, 3.05) is 0 Å². The maximum atomic E-state index is 12.9. The van der Waals surface area contributed by atoms with E-state index in [0.29, 0.717) is 0 Å². The fraction of sp³-hybridized carbons (Fsp3) is 0.353. The van der Waals surface area contributed by atoms with E-state index in [1.807, 2.05) is 6.21 Å². The number of hydrogen-bond donors (Lipinski definition) is 0. The van der Waals surface area contributed by atoms with Crippen LogP contribution < -0.4 is 10.4 Å². The van der Waals surface area contributed by atoms with Crippen LogP contribution in [0.15, 0.2) is 10.7 Å². The minimum atomic E-state index is 0.914. The summed E-state index contributed by atoms with van der Waals surface area (Å²) < 4.78 is 2.15. The highest BCUT2D eigenvalue weighted by Crippen LogP contribution is 2.47. The molecular formula is C17H14BrN2O+. The van der Waals surface area contributed by atoms with Gasteiger partial charge in [-0.25, -0.2) is 4.99 Å². The summed E-state index contributed by atoms with van der Waals surface area (Å²) in [5.41, 5.74) is 6.79. The van der Waals surface area contributed by atoms with E-state index in [0.717, 1.165) is 53.7 Å². The topological polar surface area (TPSA) is 32.4 Å². The van der Waals surface area contributed by atoms with Crippen molar-refractivity contribution in [1.82, 2.24) is 0 Å². The summed E-state index contributed by atoms with van der Waals surface area (Å²) in [6.45, 7) is 0. The highest BCUT2D eigenvalue weighted by Gasteiger charge is 2.44. The molecule has 0 N–H and O–H groups in total. The summed E-state index contributed by atoms with van der Waals surface area (Å²) in [5.74, 6) is 0. The molecule has 0 radical (unpaired) electrons. The van der Waals surface area contributed by atoms with Gasteiger partial charge in [0.2, 0.25) is 5.70 Å². The standard InChI is InChI=1S/C17H14BrN2O/c18-17-15-9-5-3-6-10(9)16-14(12(15)8-19-17)11-4-1-2-7-13(11)20(16)21/h5,8H,1-4,6-7H2/q+1. The molecule has 0 aromatic heterocycles. The maximum absolute atomic E-state index is 12.9. The van der Waals surface area contributed by atoms with Crippen LogP contribution in [0.2, 0.25) is 0 Å². The van der Waals surface area contributed by atoms with Crippen LogP contribution in [-0.2, 0) is 6.42 Å². The van der Waals surface area contributed by atoms with Crippen LogP contribution in [0.3, 0.4) is 0 Å². The number of rotatable bonds is 0. The molecular weight excluding hydrogens is 328 g/mol. The smallest absolute Gasteiger partial charge is 0.248 e. The Labute approximate surface area is 130 Å². The lowest BCUT2D eigenvalue weighted by Crippen LogP contribution is -2.31. The van der Waals surface area contributed by atoms with Crippen LogP contribution in [0.5, 0.6) is 0 Å². The van der Waals surface area contributed by atoms with Crippen LogP contribution in [0.4, 0.5) is 5.69 Å². The van der Waals surface area contributed by atoms with Gasteiger partial charge < -0.3 is 0 Å². The minimum Gasteiger partial charge on any atom is -0.248 e. The Kier molecular flexibility index (Phi) is 2.30. The molecule has 2 aliphatic heterocycles. The monoisotopic (exact) mass is 341 g/mol. The number of fused-ring (bicyclic) bond motifs is 7. The first-order chi connectivity index (χ1) is 10.3. The van der Waals surface area contributed by atoms with Gasteiger partial charge in [0.25, 0.3) is 5.69 Å². The number of aliphatic imine (C=N–C) groups is 1. The Hall–Kier alpha value is -1.55. The quantitative estimate of drug-likeness (QED) is 0.527. The van der Waals surface area contributed by atoms with Crippen LogP contribution in [0.25, 0.3) is 16.3 Å². The number of nitroso groups, excluding NO2 is 1. The second kappa shape index (κ2) is 4.01. The van der Waals surface area contributed by atoms with Gasteiger partial charge in [0.1, 0.15) is 4.61 Å². The van der Waals surface area contributed by atoms with E-state index in [-0.39, 0.29) is 0 Å². The van der Waals surface area contributed by atoms with E-state index in [1.54, 1.807) is 0 Å². The number of hydrogen-bond acceptors (Lipinski definition) is 2. The van der Waals surface area contributed by atoms with E-state index in [2.05, 4.69) is 27.0 Å². The third-order valence-corrected chi connectivity index (χ3v) is 5.70. The summed E-state index contributed by atoms with van der Waals surface area (Å²) in [6.07, 6.45) is 10.5. The van der Waals surface area contributed by atoms with Crippen molar-refractivity contribution in [1.29, 1.82) is 0 Å². The molecule has 104 valence electrons. The van der Waals surface area contributed by atoms with Gasteiger partial charge >= 0.3 is 0 Å². The molecule has 1 aromatic rings. The van der Waals surface area contributed by atoms with Gasteiger partial charge in [0.15, 0.2) is 0 Å². The fourth-order valence-corrected chi connectivity index (χ4v) is 4.78. The molecule has 3 nitrogen and oxygen atoms in total. The van der Waals surface area contributed by atoms with Gasteiger partial charge in [-0.2, -0.15) is 0 Å². The molecule has 0 saturated carbocycles. The fourth-order valence-electron chi connectivity index (χ4n) is 4.25. The van der Waals surface area contributed by atoms with E-state index in [4.69, 9.17) is 0 Å². The van der Waals surface area contributed by atoms with Crippen molar-refractivity contribution < 1.29 is 4.76 Å². The minimum absolute atomic E-state index is 0.914. The first-order valence-electron chi connectivity index (χ1n) is 7.60. The van der Waals surface area contributed by atoms with Crippen LogP contribution in [0.1, 0.15) is 48.8 Å². The molecule has 0 fully saturated rings. The highest BCUT2D eigenvalue weighted by molar-refractivity contribution is 9.14. The largest absolute Gasteiger partial charge is 0.275 e. The molecule has 5 rings (SSSR count). The van der Waals surface area contributed by atoms with Crippen LogP contribution in [0, 0.1) is 4.91 Å². The average Bonchev–Trinajstić information content (AvgIpc) is 3.17. The van der Waals surface area contributed by atoms with Crippen molar-refractivity contribution in [3.05, 3.63) is 37.7 Å². The second-order valence-electron chi connectivity index (χ2n) is 6.12. The predicted molar refractivity (Wildman–Crippen MR) is 87.1 cm³/mol. The van der Waals surface area contributed by atoms with Crippen molar-refractivity contribution in [3.63, 3.8) is 0 Å². The van der Waals surface area contributed by atoms with Crippen LogP contribution >= 0.6 is 15.9 Å². The summed E-state index contributed by atoms with van der Waals surface area (Å²) in [5, 5.41) is 2.43. The summed E-state index contributed by atoms with van der Waals surface area (Å²) in [7, 11) is 0. The Morgan fingerprint density at radius 2 is 2.05 bits per heavy atom. The average molecular weight is 342 g/mol. The lowest BCUT2D eigenvalue weighted by Gasteiger charge is -2.08. The molecule has 21 heavy (non-hydrogen) atoms. The van der Waals surface area contributed by atoms with E-state index < -0.39 is 0 Å². The van der Waals surface area contributed by atoms with Gasteiger partial charge in [-0.3, -0.25) is 0 Å². The summed E-state index contributed by atoms with van der Waals surface area (Å²) in [6, 6.07) is 0. The zero-order valence-electron chi connectivity index (χ0n) is 11.6. The van der Waals surface area contributed by atoms with E-state index in [9.17, 15) is 4.91 Å². The van der Waals surface area contributed by atoms with Gasteiger partial charge in [-0.1, -0.05) is 6.08 Å². The summed E-state index contributed by atoms with van der Waals surface area (Å²) >= 11 is 3.59. The molecule has 1 aromatic carbocycles. The Bertz CT molecular complexity index is 921. The molecule has 0 bridgehead atoms. The molecule has 2 aliphatic carbocycles. The first kappa shape index (κ1) is 12.0. The summed E-state index contributed by atoms with van der Waals surface area (Å²) in [4.78, 5) is 17.3. The van der Waals surface area contributed by atoms with Crippen molar-refractivity contribution >= 4 is 44.1 Å². The lowest BCUT2D eigenvalue weighted by atomic mass is 9.89. The number of halogens is 1. The van der Waals surface area contributed by atoms with Gasteiger partial charge in [0, 0.05) is 39.5 Å². The van der Waals surface area contributed by atoms with Crippen molar-refractivity contribution in [2.24, 2.45) is 4.99 Å². The maximum Gasteiger partial charge on any atom is 0.275 e. The first-order valence-corrected chi connectivity index (χ1v) is 8.39. The van der Waals surface area contributed by atoms with Gasteiger partial charge in [-0.15, -0.1) is 0 Å². The zero-order chi connectivity index (χ0) is 14.1. The molecule has 4 aliphatic rings. The molecule has 4 heteroatoms. The SMILES string of the molecule is O=[N+]1C2=C(CCCC2)c2c1c1c(c3c2C=NC=3Br)=CCC1. The number of nitrogens with zero attached hydrogens (tertiary/aromatic N) is 2. The normalized spacial score (nSPS) is 21.4. The van der Waals surface area contributed by atoms with E-state index >= 15 is 0 Å². The van der Waals surface area contributed by atoms with E-state index in [1.165, 1.54) is 38.3 Å². The third-order valence-electron chi connectivity index (χ3n) is 5.10. The molecule has 0 unspecified atom stereocenters. The highest BCUT2D eigenvalue weighted by atomic mass is 79.9. The van der Waals surface area contributed by atoms with Gasteiger partial charge in [-0.05, 0) is 53.3 Å². The van der Waals surface area contributed by atoms with Crippen molar-refractivity contribution in [3.8, 4) is 0 Å². The molecule has 0 saturated heterocycles. The zero-order valence-corrected chi connectivity index (χ0v) is 13.2. The Morgan fingerprint density at radius 1 is 1.19 bits per heavy atom. The third kappa shape index (κ3) is 1.37. The molecule has 0 atom stereocenters. The predicted octanol–water partition coefficient (Wildman–Crippen LogP) is 3.02. The Balaban J connectivity index is 1.99.